The number of carbonyl (C=O) groups excluding carboxylic acids is 3. The maximum Gasteiger partial charge on any atom is 0.409 e. The number of rotatable bonds is 7. The maximum absolute atomic E-state index is 12.6. The van der Waals surface area contributed by atoms with E-state index >= 15 is 0 Å². The number of hydrogen-bond donors (Lipinski definition) is 1. The van der Waals surface area contributed by atoms with Crippen LogP contribution in [0.5, 0.6) is 5.75 Å². The minimum atomic E-state index is -0.956. The molecule has 7 nitrogen and oxygen atoms in total. The van der Waals surface area contributed by atoms with Crippen LogP contribution in [0.4, 0.5) is 9.59 Å². The summed E-state index contributed by atoms with van der Waals surface area (Å²) in [7, 11) is 1.25. The van der Waals surface area contributed by atoms with Crippen LogP contribution in [-0.4, -0.2) is 37.2 Å². The number of amides is 1. The molecule has 1 atom stereocenters. The van der Waals surface area contributed by atoms with E-state index in [9.17, 15) is 14.4 Å². The Morgan fingerprint density at radius 3 is 2.06 bits per heavy atom. The molecule has 0 aromatic heterocycles. The molecule has 0 fully saturated rings. The first kappa shape index (κ1) is 23.3. The van der Waals surface area contributed by atoms with Gasteiger partial charge in [-0.3, -0.25) is 0 Å². The van der Waals surface area contributed by atoms with Crippen LogP contribution in [0.3, 0.4) is 0 Å². The molecule has 3 aromatic rings. The Balaban J connectivity index is 1.41. The van der Waals surface area contributed by atoms with E-state index in [-0.39, 0.29) is 24.7 Å². The summed E-state index contributed by atoms with van der Waals surface area (Å²) in [6.45, 7) is 0.131. The maximum atomic E-state index is 12.6. The fraction of sp³-hybridized carbons (Fsp3) is 0.192. The van der Waals surface area contributed by atoms with Crippen LogP contribution in [0.2, 0.25) is 0 Å². The van der Waals surface area contributed by atoms with Gasteiger partial charge in [0.05, 0.1) is 7.11 Å². The molecule has 34 heavy (non-hydrogen) atoms. The van der Waals surface area contributed by atoms with Crippen molar-refractivity contribution in [2.45, 2.75) is 18.4 Å². The van der Waals surface area contributed by atoms with Gasteiger partial charge in [-0.1, -0.05) is 60.7 Å². The average Bonchev–Trinajstić information content (AvgIpc) is 3.16. The van der Waals surface area contributed by atoms with Crippen LogP contribution in [0.15, 0.2) is 72.8 Å². The fourth-order valence-electron chi connectivity index (χ4n) is 4.14. The zero-order valence-corrected chi connectivity index (χ0v) is 19.1. The van der Waals surface area contributed by atoms with Crippen molar-refractivity contribution in [3.05, 3.63) is 89.5 Å². The Bertz CT molecular complexity index is 1160. The largest absolute Gasteiger partial charge is 0.467 e. The van der Waals surface area contributed by atoms with Gasteiger partial charge in [0.2, 0.25) is 0 Å². The molecular formula is C26H22ClNO6. The molecule has 8 heteroatoms. The minimum Gasteiger partial charge on any atom is -0.467 e. The highest BCUT2D eigenvalue weighted by atomic mass is 35.5. The van der Waals surface area contributed by atoms with E-state index in [4.69, 9.17) is 25.8 Å². The number of halogens is 1. The predicted molar refractivity (Wildman–Crippen MR) is 126 cm³/mol. The van der Waals surface area contributed by atoms with E-state index in [1.54, 1.807) is 12.1 Å². The monoisotopic (exact) mass is 479 g/mol. The summed E-state index contributed by atoms with van der Waals surface area (Å²) in [5, 5.41) is 2.59. The van der Waals surface area contributed by atoms with E-state index in [0.29, 0.717) is 5.56 Å². The fourth-order valence-corrected chi connectivity index (χ4v) is 4.23. The molecule has 1 aliphatic carbocycles. The van der Waals surface area contributed by atoms with E-state index < -0.39 is 23.5 Å². The quantitative estimate of drug-likeness (QED) is 0.377. The molecule has 0 saturated carbocycles. The Morgan fingerprint density at radius 1 is 0.912 bits per heavy atom. The third kappa shape index (κ3) is 5.21. The van der Waals surface area contributed by atoms with Crippen molar-refractivity contribution in [3.8, 4) is 16.9 Å². The standard InChI is InChI=1S/C26H22ClNO6/c1-32-24(29)23(14-16-10-12-17(13-11-16)34-25(27)30)28-26(31)33-15-22-20-8-4-2-6-18(20)19-7-3-5-9-21(19)22/h2-13,22-23H,14-15H2,1H3,(H,28,31)/t23-/m0/s1. The van der Waals surface area contributed by atoms with Crippen molar-refractivity contribution in [2.24, 2.45) is 0 Å². The number of alkyl carbamates (subject to hydrolysis) is 1. The van der Waals surface area contributed by atoms with Crippen LogP contribution >= 0.6 is 11.6 Å². The number of benzene rings is 3. The third-order valence-electron chi connectivity index (χ3n) is 5.68. The van der Waals surface area contributed by atoms with E-state index in [0.717, 1.165) is 22.3 Å². The summed E-state index contributed by atoms with van der Waals surface area (Å²) in [6, 6.07) is 21.5. The lowest BCUT2D eigenvalue weighted by Crippen LogP contribution is -2.43. The molecular weight excluding hydrogens is 458 g/mol. The number of hydrogen-bond acceptors (Lipinski definition) is 6. The van der Waals surface area contributed by atoms with Gasteiger partial charge in [0.15, 0.2) is 0 Å². The number of methoxy groups -OCH3 is 1. The molecule has 1 amide bonds. The van der Waals surface area contributed by atoms with Crippen molar-refractivity contribution in [1.82, 2.24) is 5.32 Å². The summed E-state index contributed by atoms with van der Waals surface area (Å²) < 4.78 is 15.2. The van der Waals surface area contributed by atoms with Crippen molar-refractivity contribution in [1.29, 1.82) is 0 Å². The lowest BCUT2D eigenvalue weighted by Gasteiger charge is -2.18. The Labute approximate surface area is 201 Å². The van der Waals surface area contributed by atoms with Gasteiger partial charge in [0.1, 0.15) is 18.4 Å². The molecule has 0 aliphatic heterocycles. The summed E-state index contributed by atoms with van der Waals surface area (Å²) in [5.74, 6) is -0.431. The molecule has 0 heterocycles. The molecule has 174 valence electrons. The smallest absolute Gasteiger partial charge is 0.409 e. The molecule has 0 bridgehead atoms. The minimum absolute atomic E-state index is 0.0908. The van der Waals surface area contributed by atoms with Crippen LogP contribution < -0.4 is 10.1 Å². The number of nitrogens with one attached hydrogen (secondary N) is 1. The summed E-state index contributed by atoms with van der Waals surface area (Å²) >= 11 is 5.20. The molecule has 0 spiro atoms. The number of ether oxygens (including phenoxy) is 3. The van der Waals surface area contributed by atoms with Gasteiger partial charge in [-0.2, -0.15) is 0 Å². The van der Waals surface area contributed by atoms with Gasteiger partial charge in [-0.15, -0.1) is 0 Å². The van der Waals surface area contributed by atoms with Crippen LogP contribution in [0.25, 0.3) is 11.1 Å². The average molecular weight is 480 g/mol. The summed E-state index contributed by atoms with van der Waals surface area (Å²) in [6.07, 6.45) is -0.559. The number of fused-ring (bicyclic) bond motifs is 3. The van der Waals surface area contributed by atoms with Gasteiger partial charge in [0, 0.05) is 23.9 Å². The molecule has 0 radical (unpaired) electrons. The highest BCUT2D eigenvalue weighted by Crippen LogP contribution is 2.44. The Morgan fingerprint density at radius 2 is 1.50 bits per heavy atom. The van der Waals surface area contributed by atoms with Gasteiger partial charge >= 0.3 is 17.5 Å². The Hall–Kier alpha value is -3.84. The number of carbonyl (C=O) groups is 3. The first-order chi connectivity index (χ1) is 16.5. The van der Waals surface area contributed by atoms with Crippen molar-refractivity contribution >= 4 is 29.1 Å². The van der Waals surface area contributed by atoms with Crippen LogP contribution in [-0.2, 0) is 20.7 Å². The second-order valence-electron chi connectivity index (χ2n) is 7.73. The zero-order chi connectivity index (χ0) is 24.1. The lowest BCUT2D eigenvalue weighted by molar-refractivity contribution is -0.143. The van der Waals surface area contributed by atoms with Crippen molar-refractivity contribution in [3.63, 3.8) is 0 Å². The molecule has 3 aromatic carbocycles. The molecule has 0 unspecified atom stereocenters. The molecule has 0 saturated heterocycles. The summed E-state index contributed by atoms with van der Waals surface area (Å²) in [5.41, 5.74) is 4.21. The summed E-state index contributed by atoms with van der Waals surface area (Å²) in [4.78, 5) is 35.7. The van der Waals surface area contributed by atoms with Gasteiger partial charge in [-0.25, -0.2) is 14.4 Å². The van der Waals surface area contributed by atoms with E-state index in [1.807, 2.05) is 36.4 Å². The highest BCUT2D eigenvalue weighted by molar-refractivity contribution is 6.61. The van der Waals surface area contributed by atoms with E-state index in [1.165, 1.54) is 19.2 Å². The Kier molecular flexibility index (Phi) is 7.13. The normalized spacial score (nSPS) is 12.8. The van der Waals surface area contributed by atoms with Crippen LogP contribution in [0, 0.1) is 0 Å². The topological polar surface area (TPSA) is 90.9 Å². The van der Waals surface area contributed by atoms with Gasteiger partial charge in [-0.05, 0) is 39.9 Å². The highest BCUT2D eigenvalue weighted by Gasteiger charge is 2.30. The second-order valence-corrected chi connectivity index (χ2v) is 8.04. The molecule has 1 aliphatic rings. The SMILES string of the molecule is COC(=O)[C@H](Cc1ccc(OC(=O)Cl)cc1)NC(=O)OCC1c2ccccc2-c2ccccc21. The second kappa shape index (κ2) is 10.4. The van der Waals surface area contributed by atoms with Crippen molar-refractivity contribution in [2.75, 3.05) is 13.7 Å². The first-order valence-electron chi connectivity index (χ1n) is 10.6. The number of esters is 1. The van der Waals surface area contributed by atoms with Gasteiger partial charge < -0.3 is 19.5 Å². The molecule has 1 N–H and O–H groups in total. The first-order valence-corrected chi connectivity index (χ1v) is 11.0. The lowest BCUT2D eigenvalue weighted by atomic mass is 9.98. The van der Waals surface area contributed by atoms with Crippen molar-refractivity contribution < 1.29 is 28.6 Å². The predicted octanol–water partition coefficient (Wildman–Crippen LogP) is 5.05. The van der Waals surface area contributed by atoms with Gasteiger partial charge in [0.25, 0.3) is 0 Å². The zero-order valence-electron chi connectivity index (χ0n) is 18.3. The molecule has 4 rings (SSSR count). The van der Waals surface area contributed by atoms with E-state index in [2.05, 4.69) is 17.4 Å². The van der Waals surface area contributed by atoms with Crippen LogP contribution in [0.1, 0.15) is 22.6 Å². The third-order valence-corrected chi connectivity index (χ3v) is 5.76.